The van der Waals surface area contributed by atoms with E-state index in [4.69, 9.17) is 0 Å². The summed E-state index contributed by atoms with van der Waals surface area (Å²) in [6.07, 6.45) is 13.0. The second kappa shape index (κ2) is 8.27. The minimum absolute atomic E-state index is 0.0150. The van der Waals surface area contributed by atoms with Crippen molar-refractivity contribution < 1.29 is 9.59 Å². The van der Waals surface area contributed by atoms with Gasteiger partial charge in [-0.2, -0.15) is 0 Å². The average molecular weight is 439 g/mol. The Hall–Kier alpha value is -1.68. The Morgan fingerprint density at radius 1 is 1.19 bits per heavy atom. The number of nitrogens with zero attached hydrogens (tertiary/aromatic N) is 1. The summed E-state index contributed by atoms with van der Waals surface area (Å²) in [7, 11) is 4.38. The number of fused-ring (bicyclic) bond motifs is 5. The first kappa shape index (κ1) is 23.5. The Balaban J connectivity index is 1.56. The Morgan fingerprint density at radius 2 is 1.91 bits per heavy atom. The predicted octanol–water partition coefficient (Wildman–Crippen LogP) is 5.27. The molecule has 0 aromatic carbocycles. The molecule has 0 aromatic rings. The van der Waals surface area contributed by atoms with Gasteiger partial charge in [0.1, 0.15) is 0 Å². The van der Waals surface area contributed by atoms with Crippen LogP contribution in [0.25, 0.3) is 0 Å². The molecule has 4 rings (SSSR count). The molecular weight excluding hydrogens is 396 g/mol. The molecule has 176 valence electrons. The first-order chi connectivity index (χ1) is 15.0. The lowest BCUT2D eigenvalue weighted by molar-refractivity contribution is -0.138. The van der Waals surface area contributed by atoms with Crippen LogP contribution in [0.15, 0.2) is 35.1 Å². The van der Waals surface area contributed by atoms with Crippen LogP contribution in [0.4, 0.5) is 0 Å². The maximum atomic E-state index is 13.5. The van der Waals surface area contributed by atoms with E-state index >= 15 is 0 Å². The van der Waals surface area contributed by atoms with Crippen LogP contribution in [0.5, 0.6) is 0 Å². The fraction of sp³-hybridized carbons (Fsp3) is 0.714. The van der Waals surface area contributed by atoms with Crippen molar-refractivity contribution in [2.24, 2.45) is 34.5 Å². The topological polar surface area (TPSA) is 49.4 Å². The van der Waals surface area contributed by atoms with Crippen molar-refractivity contribution >= 4 is 11.7 Å². The highest BCUT2D eigenvalue weighted by molar-refractivity contribution is 6.04. The van der Waals surface area contributed by atoms with Gasteiger partial charge in [0.25, 0.3) is 5.91 Å². The van der Waals surface area contributed by atoms with Crippen molar-refractivity contribution in [3.05, 3.63) is 35.1 Å². The molecule has 0 saturated heterocycles. The number of nitrogens with one attached hydrogen (secondary N) is 1. The van der Waals surface area contributed by atoms with Crippen molar-refractivity contribution in [3.8, 4) is 0 Å². The summed E-state index contributed by atoms with van der Waals surface area (Å²) in [5.74, 6) is 2.03. The molecule has 0 spiro atoms. The van der Waals surface area contributed by atoms with Crippen molar-refractivity contribution in [3.63, 3.8) is 0 Å². The lowest BCUT2D eigenvalue weighted by Crippen LogP contribution is -2.55. The van der Waals surface area contributed by atoms with E-state index in [0.717, 1.165) is 19.3 Å². The molecule has 4 heteroatoms. The summed E-state index contributed by atoms with van der Waals surface area (Å²) in [6, 6.07) is 0.486. The van der Waals surface area contributed by atoms with Gasteiger partial charge in [0, 0.05) is 17.5 Å². The molecule has 4 aliphatic rings. The summed E-state index contributed by atoms with van der Waals surface area (Å²) in [6.45, 7) is 10.9. The summed E-state index contributed by atoms with van der Waals surface area (Å²) in [5, 5.41) is 2.90. The SMILES string of the molecule is C/C=C(\C)C(=O)NC1=CC[C@@]2(C)[C@@H](CC[C@H]3C4CC=C([C@H](C)N(C)C)[C@@]4(C)CC[C@@H]32)C1=O. The number of likely N-dealkylation sites (N-methyl/N-ethyl adjacent to an activating group) is 1. The van der Waals surface area contributed by atoms with Crippen molar-refractivity contribution in [2.75, 3.05) is 14.1 Å². The first-order valence-corrected chi connectivity index (χ1v) is 12.6. The van der Waals surface area contributed by atoms with Crippen LogP contribution in [0.2, 0.25) is 0 Å². The Morgan fingerprint density at radius 3 is 2.56 bits per heavy atom. The fourth-order valence-corrected chi connectivity index (χ4v) is 7.78. The van der Waals surface area contributed by atoms with Gasteiger partial charge in [-0.3, -0.25) is 9.59 Å². The minimum atomic E-state index is -0.155. The number of carbonyl (C=O) groups excluding carboxylic acids is 2. The number of rotatable bonds is 4. The van der Waals surface area contributed by atoms with Crippen LogP contribution in [0.3, 0.4) is 0 Å². The smallest absolute Gasteiger partial charge is 0.251 e. The lowest BCUT2D eigenvalue weighted by Gasteiger charge is -2.59. The van der Waals surface area contributed by atoms with E-state index in [0.29, 0.717) is 40.5 Å². The number of allylic oxidation sites excluding steroid dienone is 4. The molecule has 0 bridgehead atoms. The second-order valence-corrected chi connectivity index (χ2v) is 11.6. The predicted molar refractivity (Wildman–Crippen MR) is 130 cm³/mol. The third-order valence-corrected chi connectivity index (χ3v) is 10.1. The number of carbonyl (C=O) groups is 2. The molecule has 7 atom stereocenters. The van der Waals surface area contributed by atoms with Crippen LogP contribution in [-0.4, -0.2) is 36.7 Å². The van der Waals surface area contributed by atoms with Crippen molar-refractivity contribution in [2.45, 2.75) is 79.2 Å². The number of Topliss-reactive ketones (excluding diaryl/α,β-unsaturated/α-hetero) is 1. The first-order valence-electron chi connectivity index (χ1n) is 12.6. The van der Waals surface area contributed by atoms with Gasteiger partial charge in [-0.15, -0.1) is 0 Å². The third-order valence-electron chi connectivity index (χ3n) is 10.1. The number of hydrogen-bond acceptors (Lipinski definition) is 3. The molecule has 1 amide bonds. The van der Waals surface area contributed by atoms with Gasteiger partial charge >= 0.3 is 0 Å². The third kappa shape index (κ3) is 3.45. The molecular formula is C28H42N2O2. The fourth-order valence-electron chi connectivity index (χ4n) is 7.78. The number of ketones is 1. The molecule has 2 saturated carbocycles. The molecule has 0 heterocycles. The maximum absolute atomic E-state index is 13.5. The molecule has 4 nitrogen and oxygen atoms in total. The molecule has 4 aliphatic carbocycles. The van der Waals surface area contributed by atoms with E-state index in [1.165, 1.54) is 19.3 Å². The molecule has 1 unspecified atom stereocenters. The Kier molecular flexibility index (Phi) is 6.07. The lowest BCUT2D eigenvalue weighted by atomic mass is 9.45. The Bertz CT molecular complexity index is 897. The van der Waals surface area contributed by atoms with Crippen LogP contribution < -0.4 is 5.32 Å². The second-order valence-electron chi connectivity index (χ2n) is 11.6. The van der Waals surface area contributed by atoms with Gasteiger partial charge in [0.2, 0.25) is 0 Å². The van der Waals surface area contributed by atoms with Crippen molar-refractivity contribution in [1.29, 1.82) is 0 Å². The van der Waals surface area contributed by atoms with Crippen LogP contribution in [0.1, 0.15) is 73.1 Å². The van der Waals surface area contributed by atoms with Crippen molar-refractivity contribution in [1.82, 2.24) is 10.2 Å². The van der Waals surface area contributed by atoms with Gasteiger partial charge in [0.15, 0.2) is 5.78 Å². The van der Waals surface area contributed by atoms with Crippen LogP contribution in [-0.2, 0) is 9.59 Å². The average Bonchev–Trinajstić information content (AvgIpc) is 3.11. The number of hydrogen-bond donors (Lipinski definition) is 1. The van der Waals surface area contributed by atoms with Gasteiger partial charge in [-0.25, -0.2) is 0 Å². The quantitative estimate of drug-likeness (QED) is 0.480. The van der Waals surface area contributed by atoms with E-state index in [1.54, 1.807) is 18.6 Å². The maximum Gasteiger partial charge on any atom is 0.251 e. The van der Waals surface area contributed by atoms with E-state index in [-0.39, 0.29) is 23.0 Å². The zero-order valence-electron chi connectivity index (χ0n) is 21.1. The highest BCUT2D eigenvalue weighted by Gasteiger charge is 2.60. The van der Waals surface area contributed by atoms with Crippen LogP contribution in [0, 0.1) is 34.5 Å². The zero-order chi connectivity index (χ0) is 23.4. The molecule has 0 radical (unpaired) electrons. The molecule has 1 N–H and O–H groups in total. The molecule has 2 fully saturated rings. The normalized spacial score (nSPS) is 40.1. The molecule has 32 heavy (non-hydrogen) atoms. The summed E-state index contributed by atoms with van der Waals surface area (Å²) in [5.41, 5.74) is 3.13. The summed E-state index contributed by atoms with van der Waals surface area (Å²) in [4.78, 5) is 28.2. The summed E-state index contributed by atoms with van der Waals surface area (Å²) < 4.78 is 0. The highest BCUT2D eigenvalue weighted by atomic mass is 16.2. The number of amides is 1. The van der Waals surface area contributed by atoms with E-state index in [2.05, 4.69) is 51.2 Å². The monoisotopic (exact) mass is 438 g/mol. The molecule has 0 aromatic heterocycles. The van der Waals surface area contributed by atoms with E-state index in [9.17, 15) is 9.59 Å². The largest absolute Gasteiger partial charge is 0.319 e. The van der Waals surface area contributed by atoms with Gasteiger partial charge in [-0.05, 0) is 102 Å². The Labute approximate surface area is 194 Å². The van der Waals surface area contributed by atoms with Gasteiger partial charge in [-0.1, -0.05) is 37.6 Å². The van der Waals surface area contributed by atoms with Crippen LogP contribution >= 0.6 is 0 Å². The summed E-state index contributed by atoms with van der Waals surface area (Å²) >= 11 is 0. The highest BCUT2D eigenvalue weighted by Crippen LogP contribution is 2.66. The minimum Gasteiger partial charge on any atom is -0.319 e. The van der Waals surface area contributed by atoms with Gasteiger partial charge < -0.3 is 10.2 Å². The zero-order valence-corrected chi connectivity index (χ0v) is 21.1. The van der Waals surface area contributed by atoms with E-state index in [1.807, 2.05) is 13.0 Å². The standard InChI is InChI=1S/C28H42N2O2/c1-8-17(2)26(32)29-24-14-16-28(5)22-13-15-27(4)20(18(3)30(6)7)11-12-21(27)19(22)9-10-23(28)25(24)31/h8,11,14,18-19,21-23H,9-10,12-13,15-16H2,1-7H3,(H,29,32)/b17-8+/t18-,19-,21?,22-,23-,27+,28+/m0/s1. The van der Waals surface area contributed by atoms with E-state index < -0.39 is 0 Å². The molecule has 0 aliphatic heterocycles. The van der Waals surface area contributed by atoms with Gasteiger partial charge in [0.05, 0.1) is 5.70 Å².